The van der Waals surface area contributed by atoms with Crippen LogP contribution in [-0.4, -0.2) is 19.7 Å². The number of aryl methyl sites for hydroxylation is 1. The maximum Gasteiger partial charge on any atom is 0.175 e. The fourth-order valence-electron chi connectivity index (χ4n) is 2.28. The van der Waals surface area contributed by atoms with Crippen molar-refractivity contribution in [1.82, 2.24) is 4.98 Å². The second-order valence-electron chi connectivity index (χ2n) is 5.11. The van der Waals surface area contributed by atoms with E-state index in [1.54, 1.807) is 23.9 Å². The van der Waals surface area contributed by atoms with Crippen LogP contribution in [-0.2, 0) is 9.84 Å². The molecule has 0 saturated carbocycles. The van der Waals surface area contributed by atoms with Crippen LogP contribution in [0.3, 0.4) is 0 Å². The molecule has 0 aliphatic rings. The van der Waals surface area contributed by atoms with Crippen molar-refractivity contribution in [2.24, 2.45) is 0 Å². The smallest absolute Gasteiger partial charge is 0.175 e. The average Bonchev–Trinajstić information content (AvgIpc) is 2.75. The minimum atomic E-state index is -3.15. The molecule has 2 aromatic carbocycles. The normalized spacial score (nSPS) is 12.0. The van der Waals surface area contributed by atoms with Gasteiger partial charge in [0.25, 0.3) is 0 Å². The summed E-state index contributed by atoms with van der Waals surface area (Å²) in [5.41, 5.74) is 2.20. The van der Waals surface area contributed by atoms with E-state index in [2.05, 4.69) is 27.0 Å². The minimum Gasteiger partial charge on any atom is -0.358 e. The molecule has 1 N–H and O–H groups in total. The van der Waals surface area contributed by atoms with Crippen LogP contribution >= 0.6 is 27.7 Å². The molecule has 0 saturated heterocycles. The molecule has 0 atom stereocenters. The third kappa shape index (κ3) is 3.09. The number of aromatic amines is 1. The van der Waals surface area contributed by atoms with Crippen LogP contribution in [0.4, 0.5) is 0 Å². The zero-order valence-corrected chi connectivity index (χ0v) is 15.3. The van der Waals surface area contributed by atoms with Crippen molar-refractivity contribution in [1.29, 1.82) is 0 Å². The third-order valence-corrected chi connectivity index (χ3v) is 6.22. The topological polar surface area (TPSA) is 49.9 Å². The van der Waals surface area contributed by atoms with Gasteiger partial charge in [0.2, 0.25) is 0 Å². The van der Waals surface area contributed by atoms with Gasteiger partial charge in [-0.05, 0) is 49.4 Å². The molecule has 1 aromatic heterocycles. The van der Waals surface area contributed by atoms with Gasteiger partial charge in [0, 0.05) is 37.1 Å². The van der Waals surface area contributed by atoms with E-state index in [1.807, 2.05) is 31.2 Å². The molecule has 0 aliphatic heterocycles. The van der Waals surface area contributed by atoms with Gasteiger partial charge in [-0.2, -0.15) is 0 Å². The van der Waals surface area contributed by atoms with E-state index in [-0.39, 0.29) is 0 Å². The zero-order valence-electron chi connectivity index (χ0n) is 12.1. The van der Waals surface area contributed by atoms with Crippen LogP contribution in [0.2, 0.25) is 0 Å². The second kappa shape index (κ2) is 5.76. The number of fused-ring (bicyclic) bond motifs is 1. The Kier molecular flexibility index (Phi) is 4.09. The highest BCUT2D eigenvalue weighted by Crippen LogP contribution is 2.37. The lowest BCUT2D eigenvalue weighted by molar-refractivity contribution is 0.602. The number of aromatic nitrogens is 1. The average molecular weight is 396 g/mol. The highest BCUT2D eigenvalue weighted by atomic mass is 79.9. The Labute approximate surface area is 142 Å². The number of sulfone groups is 1. The van der Waals surface area contributed by atoms with E-state index in [0.29, 0.717) is 4.90 Å². The molecule has 3 rings (SSSR count). The quantitative estimate of drug-likeness (QED) is 0.692. The predicted octanol–water partition coefficient (Wildman–Crippen LogP) is 4.79. The van der Waals surface area contributed by atoms with E-state index in [4.69, 9.17) is 0 Å². The van der Waals surface area contributed by atoms with Crippen LogP contribution in [0.25, 0.3) is 10.9 Å². The van der Waals surface area contributed by atoms with E-state index in [0.717, 1.165) is 30.9 Å². The van der Waals surface area contributed by atoms with Crippen molar-refractivity contribution in [2.75, 3.05) is 6.26 Å². The molecule has 0 amide bonds. The van der Waals surface area contributed by atoms with Gasteiger partial charge in [0.05, 0.1) is 4.90 Å². The first-order chi connectivity index (χ1) is 10.3. The van der Waals surface area contributed by atoms with Crippen LogP contribution in [0.5, 0.6) is 0 Å². The van der Waals surface area contributed by atoms with Crippen LogP contribution in [0.1, 0.15) is 5.69 Å². The molecule has 0 spiro atoms. The number of H-pyrrole nitrogens is 1. The molecule has 0 bridgehead atoms. The Morgan fingerprint density at radius 2 is 1.77 bits per heavy atom. The summed E-state index contributed by atoms with van der Waals surface area (Å²) in [4.78, 5) is 5.88. The summed E-state index contributed by atoms with van der Waals surface area (Å²) < 4.78 is 24.1. The summed E-state index contributed by atoms with van der Waals surface area (Å²) in [5, 5.41) is 1.16. The zero-order chi connectivity index (χ0) is 15.9. The van der Waals surface area contributed by atoms with Crippen LogP contribution in [0, 0.1) is 6.92 Å². The Hall–Kier alpha value is -1.24. The van der Waals surface area contributed by atoms with Gasteiger partial charge in [-0.1, -0.05) is 27.7 Å². The first kappa shape index (κ1) is 15.6. The Bertz CT molecular complexity index is 944. The van der Waals surface area contributed by atoms with Gasteiger partial charge in [0.15, 0.2) is 9.84 Å². The molecule has 0 aliphatic carbocycles. The lowest BCUT2D eigenvalue weighted by atomic mass is 10.2. The van der Waals surface area contributed by atoms with Crippen LogP contribution < -0.4 is 0 Å². The summed E-state index contributed by atoms with van der Waals surface area (Å²) in [7, 11) is -3.15. The summed E-state index contributed by atoms with van der Waals surface area (Å²) >= 11 is 5.13. The summed E-state index contributed by atoms with van der Waals surface area (Å²) in [6, 6.07) is 13.1. The molecule has 114 valence electrons. The second-order valence-corrected chi connectivity index (χ2v) is 9.13. The van der Waals surface area contributed by atoms with E-state index >= 15 is 0 Å². The molecule has 3 aromatic rings. The first-order valence-electron chi connectivity index (χ1n) is 6.60. The monoisotopic (exact) mass is 395 g/mol. The highest BCUT2D eigenvalue weighted by Gasteiger charge is 2.11. The Morgan fingerprint density at radius 3 is 2.41 bits per heavy atom. The number of benzene rings is 2. The van der Waals surface area contributed by atoms with Gasteiger partial charge in [-0.3, -0.25) is 0 Å². The van der Waals surface area contributed by atoms with Gasteiger partial charge >= 0.3 is 0 Å². The maximum atomic E-state index is 11.5. The van der Waals surface area contributed by atoms with E-state index in [9.17, 15) is 8.42 Å². The number of nitrogens with one attached hydrogen (secondary N) is 1. The molecule has 22 heavy (non-hydrogen) atoms. The SMILES string of the molecule is Cc1[nH]c2ccc(Br)cc2c1Sc1ccc(S(C)(=O)=O)cc1. The third-order valence-electron chi connectivity index (χ3n) is 3.36. The molecule has 0 radical (unpaired) electrons. The molecule has 1 heterocycles. The van der Waals surface area contributed by atoms with Crippen molar-refractivity contribution >= 4 is 48.4 Å². The van der Waals surface area contributed by atoms with Crippen molar-refractivity contribution < 1.29 is 8.42 Å². The molecule has 0 unspecified atom stereocenters. The standard InChI is InChI=1S/C16H14BrNO2S2/c1-10-16(14-9-11(17)3-8-15(14)18-10)21-12-4-6-13(7-5-12)22(2,19)20/h3-9,18H,1-2H3. The summed E-state index contributed by atoms with van der Waals surface area (Å²) in [6.45, 7) is 2.04. The molecule has 3 nitrogen and oxygen atoms in total. The van der Waals surface area contributed by atoms with Gasteiger partial charge in [0.1, 0.15) is 0 Å². The number of halogens is 1. The predicted molar refractivity (Wildman–Crippen MR) is 94.4 cm³/mol. The van der Waals surface area contributed by atoms with Crippen molar-refractivity contribution in [3.8, 4) is 0 Å². The molecule has 6 heteroatoms. The summed E-state index contributed by atoms with van der Waals surface area (Å²) in [6.07, 6.45) is 1.22. The minimum absolute atomic E-state index is 0.343. The Balaban J connectivity index is 2.00. The van der Waals surface area contributed by atoms with E-state index < -0.39 is 9.84 Å². The molecular formula is C16H14BrNO2S2. The largest absolute Gasteiger partial charge is 0.358 e. The van der Waals surface area contributed by atoms with Crippen molar-refractivity contribution in [3.63, 3.8) is 0 Å². The van der Waals surface area contributed by atoms with Crippen molar-refractivity contribution in [2.45, 2.75) is 21.6 Å². The van der Waals surface area contributed by atoms with Gasteiger partial charge in [-0.25, -0.2) is 8.42 Å². The van der Waals surface area contributed by atoms with Gasteiger partial charge in [-0.15, -0.1) is 0 Å². The fraction of sp³-hybridized carbons (Fsp3) is 0.125. The lowest BCUT2D eigenvalue weighted by Crippen LogP contribution is -1.95. The van der Waals surface area contributed by atoms with E-state index in [1.165, 1.54) is 6.26 Å². The highest BCUT2D eigenvalue weighted by molar-refractivity contribution is 9.10. The van der Waals surface area contributed by atoms with Crippen LogP contribution in [0.15, 0.2) is 61.6 Å². The first-order valence-corrected chi connectivity index (χ1v) is 10.1. The maximum absolute atomic E-state index is 11.5. The van der Waals surface area contributed by atoms with Crippen molar-refractivity contribution in [3.05, 3.63) is 52.6 Å². The number of hydrogen-bond acceptors (Lipinski definition) is 3. The molecule has 0 fully saturated rings. The number of hydrogen-bond donors (Lipinski definition) is 1. The Morgan fingerprint density at radius 1 is 1.09 bits per heavy atom. The lowest BCUT2D eigenvalue weighted by Gasteiger charge is -2.04. The summed E-state index contributed by atoms with van der Waals surface area (Å²) in [5.74, 6) is 0. The van der Waals surface area contributed by atoms with Gasteiger partial charge < -0.3 is 4.98 Å². The molecular weight excluding hydrogens is 382 g/mol. The number of rotatable bonds is 3. The fourth-order valence-corrected chi connectivity index (χ4v) is 4.26.